The van der Waals surface area contributed by atoms with Gasteiger partial charge in [0.05, 0.1) is 6.10 Å². The van der Waals surface area contributed by atoms with E-state index in [-0.39, 0.29) is 12.0 Å². The predicted octanol–water partition coefficient (Wildman–Crippen LogP) is 1.89. The van der Waals surface area contributed by atoms with Crippen LogP contribution in [0.4, 0.5) is 0 Å². The zero-order valence-electron chi connectivity index (χ0n) is 11.2. The second kappa shape index (κ2) is 5.43. The van der Waals surface area contributed by atoms with E-state index in [0.717, 1.165) is 50.9 Å². The summed E-state index contributed by atoms with van der Waals surface area (Å²) in [5.41, 5.74) is 2.13. The number of piperidine rings is 1. The van der Waals surface area contributed by atoms with Gasteiger partial charge in [-0.1, -0.05) is 24.3 Å². The molecule has 19 heavy (non-hydrogen) atoms. The van der Waals surface area contributed by atoms with Crippen LogP contribution >= 0.6 is 0 Å². The Kier molecular flexibility index (Phi) is 3.67. The highest BCUT2D eigenvalue weighted by Crippen LogP contribution is 2.26. The number of carbonyl (C=O) groups excluding carboxylic acids is 1. The number of benzene rings is 1. The third-order valence-corrected chi connectivity index (χ3v) is 4.45. The first-order valence-corrected chi connectivity index (χ1v) is 7.26. The van der Waals surface area contributed by atoms with Crippen molar-refractivity contribution in [3.8, 4) is 0 Å². The van der Waals surface area contributed by atoms with Crippen LogP contribution in [0.1, 0.15) is 35.2 Å². The van der Waals surface area contributed by atoms with E-state index in [2.05, 4.69) is 11.0 Å². The average Bonchev–Trinajstić information content (AvgIpc) is 2.45. The second-order valence-electron chi connectivity index (χ2n) is 5.79. The first kappa shape index (κ1) is 12.8. The summed E-state index contributed by atoms with van der Waals surface area (Å²) in [5, 5.41) is 9.52. The number of nitrogens with zero attached hydrogens (tertiary/aromatic N) is 1. The number of aliphatic hydroxyl groups is 1. The number of carbonyl (C=O) groups is 1. The van der Waals surface area contributed by atoms with Crippen LogP contribution in [0, 0.1) is 5.92 Å². The maximum absolute atomic E-state index is 12.5. The normalized spacial score (nSPS) is 25.3. The number of rotatable bonds is 2. The summed E-state index contributed by atoms with van der Waals surface area (Å²) < 4.78 is 0. The van der Waals surface area contributed by atoms with E-state index in [1.165, 1.54) is 5.56 Å². The van der Waals surface area contributed by atoms with Gasteiger partial charge in [0.2, 0.25) is 0 Å². The fraction of sp³-hybridized carbons (Fsp3) is 0.562. The van der Waals surface area contributed by atoms with Gasteiger partial charge < -0.3 is 10.0 Å². The Bertz CT molecular complexity index is 464. The summed E-state index contributed by atoms with van der Waals surface area (Å²) in [7, 11) is 0. The molecular formula is C16H21NO2. The minimum Gasteiger partial charge on any atom is -0.393 e. The summed E-state index contributed by atoms with van der Waals surface area (Å²) in [4.78, 5) is 14.8. The van der Waals surface area contributed by atoms with Crippen molar-refractivity contribution in [2.24, 2.45) is 5.92 Å². The fourth-order valence-electron chi connectivity index (χ4n) is 3.25. The minimum absolute atomic E-state index is 0.140. The highest BCUT2D eigenvalue weighted by atomic mass is 16.3. The summed E-state index contributed by atoms with van der Waals surface area (Å²) in [5.74, 6) is 0.457. The number of aliphatic hydroxyl groups excluding tert-OH is 1. The molecule has 1 heterocycles. The molecule has 0 saturated carbocycles. The molecule has 1 aliphatic heterocycles. The number of hydrogen-bond donors (Lipinski definition) is 1. The van der Waals surface area contributed by atoms with Gasteiger partial charge in [-0.2, -0.15) is 0 Å². The Balaban J connectivity index is 1.66. The summed E-state index contributed by atoms with van der Waals surface area (Å²) >= 11 is 0. The zero-order chi connectivity index (χ0) is 13.2. The summed E-state index contributed by atoms with van der Waals surface area (Å²) in [6.45, 7) is 2.71. The number of likely N-dealkylation sites (tertiary alicyclic amines) is 1. The number of Topliss-reactive ketones (excluding diaryl/α,β-unsaturated/α-hetero) is 1. The van der Waals surface area contributed by atoms with Gasteiger partial charge in [-0.15, -0.1) is 0 Å². The van der Waals surface area contributed by atoms with Crippen LogP contribution in [0.15, 0.2) is 24.3 Å². The van der Waals surface area contributed by atoms with E-state index in [4.69, 9.17) is 0 Å². The van der Waals surface area contributed by atoms with Crippen LogP contribution in [0.3, 0.4) is 0 Å². The number of aryl methyl sites for hydroxylation is 1. The van der Waals surface area contributed by atoms with E-state index < -0.39 is 0 Å². The van der Waals surface area contributed by atoms with Crippen LogP contribution in [-0.2, 0) is 6.42 Å². The predicted molar refractivity (Wildman–Crippen MR) is 74.3 cm³/mol. The maximum atomic E-state index is 12.5. The van der Waals surface area contributed by atoms with Crippen molar-refractivity contribution >= 4 is 5.78 Å². The monoisotopic (exact) mass is 259 g/mol. The standard InChI is InChI=1S/C16H21NO2/c18-14-7-9-17(10-8-14)11-13-6-5-12-3-1-2-4-15(12)16(13)19/h1-4,13-14,18H,5-11H2. The Morgan fingerprint density at radius 2 is 1.89 bits per heavy atom. The molecule has 2 aliphatic rings. The van der Waals surface area contributed by atoms with Crippen molar-refractivity contribution < 1.29 is 9.90 Å². The van der Waals surface area contributed by atoms with E-state index in [9.17, 15) is 9.90 Å². The molecule has 1 N–H and O–H groups in total. The molecule has 0 amide bonds. The number of hydrogen-bond acceptors (Lipinski definition) is 3. The Hall–Kier alpha value is -1.19. The van der Waals surface area contributed by atoms with Gasteiger partial charge in [-0.05, 0) is 31.2 Å². The first-order chi connectivity index (χ1) is 9.24. The molecule has 1 saturated heterocycles. The molecule has 0 bridgehead atoms. The number of ketones is 1. The Morgan fingerprint density at radius 1 is 1.16 bits per heavy atom. The lowest BCUT2D eigenvalue weighted by Crippen LogP contribution is -2.41. The molecule has 102 valence electrons. The van der Waals surface area contributed by atoms with Gasteiger partial charge in [0, 0.05) is 31.1 Å². The fourth-order valence-corrected chi connectivity index (χ4v) is 3.25. The zero-order valence-corrected chi connectivity index (χ0v) is 11.2. The lowest BCUT2D eigenvalue weighted by Gasteiger charge is -2.33. The lowest BCUT2D eigenvalue weighted by atomic mass is 9.82. The van der Waals surface area contributed by atoms with Crippen molar-refractivity contribution in [1.82, 2.24) is 4.90 Å². The van der Waals surface area contributed by atoms with Gasteiger partial charge in [0.15, 0.2) is 5.78 Å². The topological polar surface area (TPSA) is 40.5 Å². The quantitative estimate of drug-likeness (QED) is 0.881. The molecule has 1 fully saturated rings. The lowest BCUT2D eigenvalue weighted by molar-refractivity contribution is 0.0659. The molecule has 1 aromatic rings. The molecule has 1 aromatic carbocycles. The van der Waals surface area contributed by atoms with Gasteiger partial charge in [0.25, 0.3) is 0 Å². The molecule has 1 aliphatic carbocycles. The van der Waals surface area contributed by atoms with Crippen molar-refractivity contribution in [2.75, 3.05) is 19.6 Å². The molecule has 0 spiro atoms. The Morgan fingerprint density at radius 3 is 2.68 bits per heavy atom. The third kappa shape index (κ3) is 2.72. The molecule has 3 heteroatoms. The second-order valence-corrected chi connectivity index (χ2v) is 5.79. The van der Waals surface area contributed by atoms with E-state index in [1.54, 1.807) is 0 Å². The third-order valence-electron chi connectivity index (χ3n) is 4.45. The molecule has 1 unspecified atom stereocenters. The van der Waals surface area contributed by atoms with Crippen LogP contribution in [0.5, 0.6) is 0 Å². The SMILES string of the molecule is O=C1c2ccccc2CCC1CN1CCC(O)CC1. The van der Waals surface area contributed by atoms with E-state index in [0.29, 0.717) is 5.78 Å². The van der Waals surface area contributed by atoms with Crippen molar-refractivity contribution in [3.05, 3.63) is 35.4 Å². The van der Waals surface area contributed by atoms with Crippen LogP contribution in [-0.4, -0.2) is 41.5 Å². The summed E-state index contributed by atoms with van der Waals surface area (Å²) in [6, 6.07) is 8.00. The largest absolute Gasteiger partial charge is 0.393 e. The van der Waals surface area contributed by atoms with Crippen LogP contribution < -0.4 is 0 Å². The van der Waals surface area contributed by atoms with Crippen molar-refractivity contribution in [2.45, 2.75) is 31.8 Å². The minimum atomic E-state index is -0.140. The highest BCUT2D eigenvalue weighted by Gasteiger charge is 2.29. The molecular weight excluding hydrogens is 238 g/mol. The maximum Gasteiger partial charge on any atom is 0.167 e. The van der Waals surface area contributed by atoms with Gasteiger partial charge >= 0.3 is 0 Å². The van der Waals surface area contributed by atoms with Crippen LogP contribution in [0.2, 0.25) is 0 Å². The first-order valence-electron chi connectivity index (χ1n) is 7.26. The Labute approximate surface area is 114 Å². The number of fused-ring (bicyclic) bond motifs is 1. The smallest absolute Gasteiger partial charge is 0.167 e. The highest BCUT2D eigenvalue weighted by molar-refractivity contribution is 6.00. The average molecular weight is 259 g/mol. The van der Waals surface area contributed by atoms with Crippen molar-refractivity contribution in [1.29, 1.82) is 0 Å². The summed E-state index contributed by atoms with van der Waals surface area (Å²) in [6.07, 6.45) is 3.53. The molecule has 0 radical (unpaired) electrons. The van der Waals surface area contributed by atoms with Crippen molar-refractivity contribution in [3.63, 3.8) is 0 Å². The van der Waals surface area contributed by atoms with Gasteiger partial charge in [0.1, 0.15) is 0 Å². The van der Waals surface area contributed by atoms with E-state index >= 15 is 0 Å². The molecule has 1 atom stereocenters. The molecule has 3 nitrogen and oxygen atoms in total. The van der Waals surface area contributed by atoms with Gasteiger partial charge in [-0.3, -0.25) is 4.79 Å². The molecule has 3 rings (SSSR count). The van der Waals surface area contributed by atoms with E-state index in [1.807, 2.05) is 18.2 Å². The van der Waals surface area contributed by atoms with Gasteiger partial charge in [-0.25, -0.2) is 0 Å². The molecule has 0 aromatic heterocycles. The van der Waals surface area contributed by atoms with Crippen LogP contribution in [0.25, 0.3) is 0 Å².